The number of H-pyrrole nitrogens is 1. The Morgan fingerprint density at radius 3 is 3.06 bits per heavy atom. The number of aromatic amines is 1. The van der Waals surface area contributed by atoms with E-state index in [4.69, 9.17) is 5.73 Å². The SMILES string of the molecule is NC(=O)Cc1nc(CCCc2cccs2)n[nH]1. The highest BCUT2D eigenvalue weighted by molar-refractivity contribution is 7.09. The van der Waals surface area contributed by atoms with E-state index in [1.54, 1.807) is 11.3 Å². The van der Waals surface area contributed by atoms with Gasteiger partial charge in [0.1, 0.15) is 5.82 Å². The summed E-state index contributed by atoms with van der Waals surface area (Å²) in [6.07, 6.45) is 2.98. The summed E-state index contributed by atoms with van der Waals surface area (Å²) < 4.78 is 0. The van der Waals surface area contributed by atoms with Crippen LogP contribution in [0.2, 0.25) is 0 Å². The van der Waals surface area contributed by atoms with E-state index in [-0.39, 0.29) is 6.42 Å². The van der Waals surface area contributed by atoms with Gasteiger partial charge in [0.25, 0.3) is 0 Å². The first-order chi connectivity index (χ1) is 8.24. The van der Waals surface area contributed by atoms with Gasteiger partial charge in [0.05, 0.1) is 6.42 Å². The molecule has 5 nitrogen and oxygen atoms in total. The van der Waals surface area contributed by atoms with Crippen molar-refractivity contribution < 1.29 is 4.79 Å². The van der Waals surface area contributed by atoms with Crippen molar-refractivity contribution in [1.29, 1.82) is 0 Å². The zero-order valence-electron chi connectivity index (χ0n) is 9.35. The molecule has 2 aromatic rings. The number of primary amides is 1. The summed E-state index contributed by atoms with van der Waals surface area (Å²) in [6.45, 7) is 0. The predicted molar refractivity (Wildman–Crippen MR) is 65.6 cm³/mol. The summed E-state index contributed by atoms with van der Waals surface area (Å²) in [5, 5.41) is 8.85. The third-order valence-electron chi connectivity index (χ3n) is 2.32. The minimum atomic E-state index is -0.397. The number of carbonyl (C=O) groups is 1. The van der Waals surface area contributed by atoms with Crippen LogP contribution in [0.5, 0.6) is 0 Å². The van der Waals surface area contributed by atoms with Gasteiger partial charge < -0.3 is 5.73 Å². The van der Waals surface area contributed by atoms with Crippen molar-refractivity contribution in [3.63, 3.8) is 0 Å². The average Bonchev–Trinajstić information content (AvgIpc) is 2.89. The number of nitrogens with one attached hydrogen (secondary N) is 1. The van der Waals surface area contributed by atoms with Crippen molar-refractivity contribution in [2.45, 2.75) is 25.7 Å². The van der Waals surface area contributed by atoms with Crippen molar-refractivity contribution >= 4 is 17.2 Å². The topological polar surface area (TPSA) is 84.7 Å². The molecule has 17 heavy (non-hydrogen) atoms. The Morgan fingerprint density at radius 2 is 2.35 bits per heavy atom. The lowest BCUT2D eigenvalue weighted by atomic mass is 10.2. The number of rotatable bonds is 6. The van der Waals surface area contributed by atoms with Gasteiger partial charge in [-0.25, -0.2) is 4.98 Å². The number of hydrogen-bond donors (Lipinski definition) is 2. The second-order valence-electron chi connectivity index (χ2n) is 3.77. The lowest BCUT2D eigenvalue weighted by Crippen LogP contribution is -2.14. The molecule has 0 radical (unpaired) electrons. The zero-order valence-corrected chi connectivity index (χ0v) is 10.2. The van der Waals surface area contributed by atoms with Crippen LogP contribution in [0.25, 0.3) is 0 Å². The van der Waals surface area contributed by atoms with Crippen LogP contribution < -0.4 is 5.73 Å². The molecule has 2 heterocycles. The summed E-state index contributed by atoms with van der Waals surface area (Å²) in [6, 6.07) is 4.18. The van der Waals surface area contributed by atoms with Crippen molar-refractivity contribution in [3.8, 4) is 0 Å². The van der Waals surface area contributed by atoms with Crippen molar-refractivity contribution in [2.75, 3.05) is 0 Å². The molecule has 0 aromatic carbocycles. The molecule has 0 aliphatic heterocycles. The van der Waals surface area contributed by atoms with Crippen molar-refractivity contribution in [1.82, 2.24) is 15.2 Å². The molecule has 6 heteroatoms. The summed E-state index contributed by atoms with van der Waals surface area (Å²) in [5.41, 5.74) is 5.07. The van der Waals surface area contributed by atoms with Crippen molar-refractivity contribution in [2.24, 2.45) is 5.73 Å². The molecular weight excluding hydrogens is 236 g/mol. The van der Waals surface area contributed by atoms with Gasteiger partial charge in [-0.3, -0.25) is 9.89 Å². The minimum Gasteiger partial charge on any atom is -0.369 e. The van der Waals surface area contributed by atoms with Gasteiger partial charge in [0.2, 0.25) is 5.91 Å². The first kappa shape index (κ1) is 11.8. The second kappa shape index (κ2) is 5.58. The smallest absolute Gasteiger partial charge is 0.225 e. The molecule has 3 N–H and O–H groups in total. The molecular formula is C11H14N4OS. The Morgan fingerprint density at radius 1 is 1.47 bits per heavy atom. The van der Waals surface area contributed by atoms with Gasteiger partial charge in [0.15, 0.2) is 5.82 Å². The molecule has 0 fully saturated rings. The summed E-state index contributed by atoms with van der Waals surface area (Å²) in [5.74, 6) is 0.896. The van der Waals surface area contributed by atoms with Crippen molar-refractivity contribution in [3.05, 3.63) is 34.0 Å². The van der Waals surface area contributed by atoms with Crippen LogP contribution >= 0.6 is 11.3 Å². The Bertz CT molecular complexity index is 477. The van der Waals surface area contributed by atoms with Gasteiger partial charge in [-0.15, -0.1) is 11.3 Å². The largest absolute Gasteiger partial charge is 0.369 e. The Balaban J connectivity index is 1.79. The number of carbonyl (C=O) groups excluding carboxylic acids is 1. The predicted octanol–water partition coefficient (Wildman–Crippen LogP) is 1.07. The summed E-state index contributed by atoms with van der Waals surface area (Å²) >= 11 is 1.76. The fraction of sp³-hybridized carbons (Fsp3) is 0.364. The number of thiophene rings is 1. The number of nitrogens with two attached hydrogens (primary N) is 1. The van der Waals surface area contributed by atoms with E-state index in [9.17, 15) is 4.79 Å². The summed E-state index contributed by atoms with van der Waals surface area (Å²) in [7, 11) is 0. The van der Waals surface area contributed by atoms with Gasteiger partial charge in [-0.2, -0.15) is 5.10 Å². The third kappa shape index (κ3) is 3.67. The van der Waals surface area contributed by atoms with E-state index in [2.05, 4.69) is 32.7 Å². The number of nitrogens with zero attached hydrogens (tertiary/aromatic N) is 2. The first-order valence-electron chi connectivity index (χ1n) is 5.45. The molecule has 0 bridgehead atoms. The van der Waals surface area contributed by atoms with E-state index < -0.39 is 5.91 Å². The van der Waals surface area contributed by atoms with Crippen LogP contribution in [0.15, 0.2) is 17.5 Å². The standard InChI is InChI=1S/C11H14N4OS/c12-9(16)7-11-13-10(14-15-11)5-1-3-8-4-2-6-17-8/h2,4,6H,1,3,5,7H2,(H2,12,16)(H,13,14,15). The fourth-order valence-electron chi connectivity index (χ4n) is 1.57. The zero-order chi connectivity index (χ0) is 12.1. The number of hydrogen-bond acceptors (Lipinski definition) is 4. The van der Waals surface area contributed by atoms with Crippen LogP contribution in [0.3, 0.4) is 0 Å². The lowest BCUT2D eigenvalue weighted by molar-refractivity contribution is -0.117. The molecule has 0 unspecified atom stereocenters. The molecule has 0 aliphatic carbocycles. The van der Waals surface area contributed by atoms with Crippen LogP contribution in [0.4, 0.5) is 0 Å². The first-order valence-corrected chi connectivity index (χ1v) is 6.33. The number of amides is 1. The highest BCUT2D eigenvalue weighted by atomic mass is 32.1. The molecule has 2 rings (SSSR count). The molecule has 0 aliphatic rings. The lowest BCUT2D eigenvalue weighted by Gasteiger charge is -1.94. The molecule has 0 atom stereocenters. The van der Waals surface area contributed by atoms with E-state index in [0.29, 0.717) is 5.82 Å². The highest BCUT2D eigenvalue weighted by Crippen LogP contribution is 2.12. The van der Waals surface area contributed by atoms with E-state index >= 15 is 0 Å². The van der Waals surface area contributed by atoms with Crippen LogP contribution in [-0.2, 0) is 24.1 Å². The van der Waals surface area contributed by atoms with Gasteiger partial charge in [-0.1, -0.05) is 6.07 Å². The highest BCUT2D eigenvalue weighted by Gasteiger charge is 2.05. The quantitative estimate of drug-likeness (QED) is 0.804. The molecule has 0 saturated heterocycles. The minimum absolute atomic E-state index is 0.123. The summed E-state index contributed by atoms with van der Waals surface area (Å²) in [4.78, 5) is 16.3. The maximum atomic E-state index is 10.7. The van der Waals surface area contributed by atoms with Crippen LogP contribution in [0, 0.1) is 0 Å². The van der Waals surface area contributed by atoms with Gasteiger partial charge in [-0.05, 0) is 24.3 Å². The maximum absolute atomic E-state index is 10.7. The number of aryl methyl sites for hydroxylation is 2. The monoisotopic (exact) mass is 250 g/mol. The number of aromatic nitrogens is 3. The van der Waals surface area contributed by atoms with Gasteiger partial charge >= 0.3 is 0 Å². The molecule has 90 valence electrons. The fourth-order valence-corrected chi connectivity index (χ4v) is 2.32. The maximum Gasteiger partial charge on any atom is 0.225 e. The van der Waals surface area contributed by atoms with E-state index in [1.165, 1.54) is 4.88 Å². The van der Waals surface area contributed by atoms with E-state index in [0.717, 1.165) is 25.1 Å². The molecule has 0 spiro atoms. The average molecular weight is 250 g/mol. The van der Waals surface area contributed by atoms with Crippen LogP contribution in [-0.4, -0.2) is 21.1 Å². The third-order valence-corrected chi connectivity index (χ3v) is 3.26. The van der Waals surface area contributed by atoms with E-state index in [1.807, 2.05) is 0 Å². The normalized spacial score (nSPS) is 10.6. The molecule has 0 saturated carbocycles. The van der Waals surface area contributed by atoms with Crippen LogP contribution in [0.1, 0.15) is 22.9 Å². The Kier molecular flexibility index (Phi) is 3.87. The Labute approximate surface area is 103 Å². The van der Waals surface area contributed by atoms with Gasteiger partial charge in [0, 0.05) is 11.3 Å². The Hall–Kier alpha value is -1.69. The second-order valence-corrected chi connectivity index (χ2v) is 4.81. The molecule has 2 aromatic heterocycles. The molecule has 1 amide bonds.